The topological polar surface area (TPSA) is 71.4 Å². The Bertz CT molecular complexity index is 480. The first-order valence-electron chi connectivity index (χ1n) is 6.04. The smallest absolute Gasteiger partial charge is 0.221 e. The molecule has 5 heteroatoms. The van der Waals surface area contributed by atoms with Crippen molar-refractivity contribution >= 4 is 5.91 Å². The number of carbonyl (C=O) groups is 1. The van der Waals surface area contributed by atoms with Gasteiger partial charge in [-0.1, -0.05) is 6.07 Å². The summed E-state index contributed by atoms with van der Waals surface area (Å²) >= 11 is 0. The van der Waals surface area contributed by atoms with Crippen molar-refractivity contribution in [1.29, 1.82) is 5.26 Å². The van der Waals surface area contributed by atoms with Crippen LogP contribution in [-0.4, -0.2) is 26.7 Å². The fraction of sp³-hybridized carbons (Fsp3) is 0.429. The fourth-order valence-electron chi connectivity index (χ4n) is 1.76. The van der Waals surface area contributed by atoms with E-state index >= 15 is 0 Å². The van der Waals surface area contributed by atoms with Crippen LogP contribution < -0.4 is 14.8 Å². The summed E-state index contributed by atoms with van der Waals surface area (Å²) in [7, 11) is 3.08. The van der Waals surface area contributed by atoms with Crippen molar-refractivity contribution in [2.45, 2.75) is 19.3 Å². The molecule has 19 heavy (non-hydrogen) atoms. The molecule has 1 atom stereocenters. The van der Waals surface area contributed by atoms with Crippen LogP contribution in [0.15, 0.2) is 18.2 Å². The third-order valence-electron chi connectivity index (χ3n) is 2.73. The van der Waals surface area contributed by atoms with Gasteiger partial charge in [0.25, 0.3) is 0 Å². The van der Waals surface area contributed by atoms with Gasteiger partial charge in [0.15, 0.2) is 11.5 Å². The first-order valence-corrected chi connectivity index (χ1v) is 6.04. The number of carbonyl (C=O) groups excluding carboxylic acids is 1. The van der Waals surface area contributed by atoms with Gasteiger partial charge in [-0.2, -0.15) is 5.26 Å². The molecule has 0 aliphatic rings. The quantitative estimate of drug-likeness (QED) is 0.849. The highest BCUT2D eigenvalue weighted by Gasteiger charge is 2.17. The second-order valence-corrected chi connectivity index (χ2v) is 3.95. The molecular formula is C14H18N2O3. The van der Waals surface area contributed by atoms with Gasteiger partial charge in [-0.25, -0.2) is 0 Å². The molecule has 0 aliphatic heterocycles. The number of amides is 1. The lowest BCUT2D eigenvalue weighted by atomic mass is 9.96. The Morgan fingerprint density at radius 1 is 1.37 bits per heavy atom. The number of nitrogens with zero attached hydrogens (tertiary/aromatic N) is 1. The van der Waals surface area contributed by atoms with Crippen molar-refractivity contribution in [3.63, 3.8) is 0 Å². The van der Waals surface area contributed by atoms with Gasteiger partial charge in [-0.05, 0) is 24.6 Å². The average Bonchev–Trinajstić information content (AvgIpc) is 2.44. The summed E-state index contributed by atoms with van der Waals surface area (Å²) in [6.45, 7) is 2.40. The third-order valence-corrected chi connectivity index (χ3v) is 2.73. The number of benzene rings is 1. The van der Waals surface area contributed by atoms with Gasteiger partial charge in [-0.15, -0.1) is 0 Å². The van der Waals surface area contributed by atoms with E-state index in [9.17, 15) is 10.1 Å². The van der Waals surface area contributed by atoms with E-state index in [4.69, 9.17) is 9.47 Å². The van der Waals surface area contributed by atoms with E-state index in [0.29, 0.717) is 18.0 Å². The van der Waals surface area contributed by atoms with Crippen LogP contribution in [-0.2, 0) is 4.79 Å². The van der Waals surface area contributed by atoms with Gasteiger partial charge in [0, 0.05) is 13.0 Å². The van der Waals surface area contributed by atoms with Gasteiger partial charge >= 0.3 is 0 Å². The van der Waals surface area contributed by atoms with Crippen molar-refractivity contribution in [2.75, 3.05) is 20.8 Å². The minimum atomic E-state index is -0.494. The van der Waals surface area contributed by atoms with Crippen LogP contribution in [0, 0.1) is 11.3 Å². The monoisotopic (exact) mass is 262 g/mol. The van der Waals surface area contributed by atoms with E-state index in [1.54, 1.807) is 25.3 Å². The Morgan fingerprint density at radius 3 is 2.58 bits per heavy atom. The predicted molar refractivity (Wildman–Crippen MR) is 71.2 cm³/mol. The summed E-state index contributed by atoms with van der Waals surface area (Å²) in [4.78, 5) is 11.5. The zero-order valence-corrected chi connectivity index (χ0v) is 11.4. The van der Waals surface area contributed by atoms with E-state index in [1.807, 2.05) is 6.92 Å². The van der Waals surface area contributed by atoms with Gasteiger partial charge in [0.2, 0.25) is 5.91 Å². The van der Waals surface area contributed by atoms with Gasteiger partial charge < -0.3 is 14.8 Å². The molecule has 5 nitrogen and oxygen atoms in total. The van der Waals surface area contributed by atoms with Crippen molar-refractivity contribution in [2.24, 2.45) is 0 Å². The average molecular weight is 262 g/mol. The second-order valence-electron chi connectivity index (χ2n) is 3.95. The number of rotatable bonds is 6. The molecule has 1 amide bonds. The van der Waals surface area contributed by atoms with Gasteiger partial charge in [0.05, 0.1) is 26.2 Å². The second kappa shape index (κ2) is 7.27. The number of nitrogens with one attached hydrogen (secondary N) is 1. The number of methoxy groups -OCH3 is 2. The van der Waals surface area contributed by atoms with Crippen molar-refractivity contribution in [3.05, 3.63) is 23.8 Å². The summed E-state index contributed by atoms with van der Waals surface area (Å²) in [6.07, 6.45) is 0.139. The number of hydrogen-bond acceptors (Lipinski definition) is 4. The molecule has 1 aromatic carbocycles. The van der Waals surface area contributed by atoms with Crippen LogP contribution in [0.5, 0.6) is 11.5 Å². The predicted octanol–water partition coefficient (Wildman–Crippen LogP) is 1.84. The lowest BCUT2D eigenvalue weighted by Crippen LogP contribution is -2.24. The van der Waals surface area contributed by atoms with Crippen LogP contribution in [0.2, 0.25) is 0 Å². The fourth-order valence-corrected chi connectivity index (χ4v) is 1.76. The van der Waals surface area contributed by atoms with Crippen molar-refractivity contribution in [1.82, 2.24) is 5.32 Å². The summed E-state index contributed by atoms with van der Waals surface area (Å²) in [5.41, 5.74) is 0.742. The molecule has 0 radical (unpaired) electrons. The maximum absolute atomic E-state index is 11.5. The molecule has 0 aliphatic carbocycles. The molecule has 0 spiro atoms. The Kier molecular flexibility index (Phi) is 5.68. The highest BCUT2D eigenvalue weighted by Crippen LogP contribution is 2.31. The van der Waals surface area contributed by atoms with Crippen LogP contribution in [0.3, 0.4) is 0 Å². The largest absolute Gasteiger partial charge is 0.493 e. The lowest BCUT2D eigenvalue weighted by Gasteiger charge is -2.13. The van der Waals surface area contributed by atoms with E-state index in [0.717, 1.165) is 5.56 Å². The molecule has 102 valence electrons. The maximum Gasteiger partial charge on any atom is 0.221 e. The highest BCUT2D eigenvalue weighted by atomic mass is 16.5. The summed E-state index contributed by atoms with van der Waals surface area (Å²) in [5, 5.41) is 11.9. The molecule has 0 saturated carbocycles. The van der Waals surface area contributed by atoms with Crippen LogP contribution in [0.4, 0.5) is 0 Å². The first kappa shape index (κ1) is 14.8. The standard InChI is InChI=1S/C14H18N2O3/c1-4-16-14(17)8-11(9-15)10-5-6-12(18-2)13(7-10)19-3/h5-7,11H,4,8H2,1-3H3,(H,16,17). The summed E-state index contributed by atoms with van der Waals surface area (Å²) < 4.78 is 10.3. The normalized spacial score (nSPS) is 11.3. The molecule has 0 aromatic heterocycles. The van der Waals surface area contributed by atoms with E-state index in [-0.39, 0.29) is 12.3 Å². The van der Waals surface area contributed by atoms with E-state index < -0.39 is 5.92 Å². The number of hydrogen-bond donors (Lipinski definition) is 1. The Balaban J connectivity index is 2.93. The zero-order valence-electron chi connectivity index (χ0n) is 11.4. The van der Waals surface area contributed by atoms with Crippen molar-refractivity contribution < 1.29 is 14.3 Å². The molecule has 0 heterocycles. The highest BCUT2D eigenvalue weighted by molar-refractivity contribution is 5.77. The van der Waals surface area contributed by atoms with Gasteiger partial charge in [0.1, 0.15) is 0 Å². The summed E-state index contributed by atoms with van der Waals surface area (Å²) in [5.74, 6) is 0.521. The van der Waals surface area contributed by atoms with E-state index in [2.05, 4.69) is 11.4 Å². The Hall–Kier alpha value is -2.22. The SMILES string of the molecule is CCNC(=O)CC(C#N)c1ccc(OC)c(OC)c1. The molecular weight excluding hydrogens is 244 g/mol. The minimum absolute atomic E-state index is 0.135. The molecule has 0 fully saturated rings. The molecule has 1 unspecified atom stereocenters. The van der Waals surface area contributed by atoms with Crippen molar-refractivity contribution in [3.8, 4) is 17.6 Å². The van der Waals surface area contributed by atoms with Crippen LogP contribution in [0.25, 0.3) is 0 Å². The lowest BCUT2D eigenvalue weighted by molar-refractivity contribution is -0.121. The molecule has 1 rings (SSSR count). The molecule has 0 bridgehead atoms. The summed E-state index contributed by atoms with van der Waals surface area (Å²) in [6, 6.07) is 7.37. The molecule has 0 saturated heterocycles. The molecule has 1 N–H and O–H groups in total. The van der Waals surface area contributed by atoms with Crippen LogP contribution >= 0.6 is 0 Å². The van der Waals surface area contributed by atoms with E-state index in [1.165, 1.54) is 7.11 Å². The minimum Gasteiger partial charge on any atom is -0.493 e. The third kappa shape index (κ3) is 3.88. The number of ether oxygens (including phenoxy) is 2. The molecule has 1 aromatic rings. The van der Waals surface area contributed by atoms with Crippen LogP contribution in [0.1, 0.15) is 24.8 Å². The number of nitriles is 1. The zero-order chi connectivity index (χ0) is 14.3. The first-order chi connectivity index (χ1) is 9.15. The maximum atomic E-state index is 11.5. The van der Waals surface area contributed by atoms with Gasteiger partial charge in [-0.3, -0.25) is 4.79 Å². The Morgan fingerprint density at radius 2 is 2.05 bits per heavy atom. The Labute approximate surface area is 113 Å².